The van der Waals surface area contributed by atoms with Crippen molar-refractivity contribution in [1.29, 1.82) is 0 Å². The van der Waals surface area contributed by atoms with Gasteiger partial charge in [-0.25, -0.2) is 4.39 Å². The Kier molecular flexibility index (Phi) is 6.00. The van der Waals surface area contributed by atoms with E-state index in [9.17, 15) is 14.0 Å². The minimum atomic E-state index is -0.271. The lowest BCUT2D eigenvalue weighted by Crippen LogP contribution is -2.51. The van der Waals surface area contributed by atoms with E-state index in [0.717, 1.165) is 10.4 Å². The van der Waals surface area contributed by atoms with E-state index >= 15 is 0 Å². The molecular formula is C19H22FN3O2S. The van der Waals surface area contributed by atoms with Gasteiger partial charge in [0.2, 0.25) is 5.91 Å². The van der Waals surface area contributed by atoms with Crippen molar-refractivity contribution < 1.29 is 14.0 Å². The highest BCUT2D eigenvalue weighted by atomic mass is 32.1. The number of benzene rings is 1. The molecule has 0 radical (unpaired) electrons. The van der Waals surface area contributed by atoms with Crippen LogP contribution in [0.5, 0.6) is 0 Å². The van der Waals surface area contributed by atoms with Crippen molar-refractivity contribution in [2.45, 2.75) is 6.92 Å². The molecule has 0 saturated carbocycles. The second-order valence-corrected chi connectivity index (χ2v) is 7.28. The Morgan fingerprint density at radius 1 is 1.08 bits per heavy atom. The van der Waals surface area contributed by atoms with Crippen molar-refractivity contribution in [2.24, 2.45) is 0 Å². The van der Waals surface area contributed by atoms with Gasteiger partial charge < -0.3 is 10.2 Å². The van der Waals surface area contributed by atoms with Crippen LogP contribution in [-0.2, 0) is 4.79 Å². The normalized spacial score (nSPS) is 15.1. The number of rotatable bonds is 5. The predicted octanol–water partition coefficient (Wildman–Crippen LogP) is 2.45. The Bertz CT molecular complexity index is 767. The molecule has 5 nitrogen and oxygen atoms in total. The van der Waals surface area contributed by atoms with Crippen molar-refractivity contribution >= 4 is 23.2 Å². The molecule has 0 aliphatic carbocycles. The summed E-state index contributed by atoms with van der Waals surface area (Å²) in [5.74, 6) is -0.234. The summed E-state index contributed by atoms with van der Waals surface area (Å²) in [6, 6.07) is 10.0. The molecule has 1 aliphatic rings. The van der Waals surface area contributed by atoms with E-state index in [0.29, 0.717) is 44.1 Å². The summed E-state index contributed by atoms with van der Waals surface area (Å²) in [5.41, 5.74) is 0.905. The summed E-state index contributed by atoms with van der Waals surface area (Å²) >= 11 is 1.42. The maximum absolute atomic E-state index is 13.0. The van der Waals surface area contributed by atoms with Crippen molar-refractivity contribution in [1.82, 2.24) is 15.1 Å². The smallest absolute Gasteiger partial charge is 0.264 e. The van der Waals surface area contributed by atoms with E-state index in [1.54, 1.807) is 12.1 Å². The summed E-state index contributed by atoms with van der Waals surface area (Å²) in [4.78, 5) is 29.9. The molecule has 2 heterocycles. The van der Waals surface area contributed by atoms with E-state index < -0.39 is 0 Å². The first-order chi connectivity index (χ1) is 12.6. The molecule has 1 aromatic carbocycles. The zero-order valence-corrected chi connectivity index (χ0v) is 15.5. The Balaban J connectivity index is 1.57. The van der Waals surface area contributed by atoms with Gasteiger partial charge in [-0.05, 0) is 36.8 Å². The third-order valence-corrected chi connectivity index (χ3v) is 5.47. The Morgan fingerprint density at radius 2 is 1.77 bits per heavy atom. The first-order valence-electron chi connectivity index (χ1n) is 8.71. The topological polar surface area (TPSA) is 52.7 Å². The van der Waals surface area contributed by atoms with Gasteiger partial charge in [-0.1, -0.05) is 12.1 Å². The number of carbonyl (C=O) groups excluding carboxylic acids is 2. The van der Waals surface area contributed by atoms with Crippen molar-refractivity contribution in [3.05, 3.63) is 47.1 Å². The fraction of sp³-hybridized carbons (Fsp3) is 0.368. The van der Waals surface area contributed by atoms with E-state index in [2.05, 4.69) is 10.2 Å². The van der Waals surface area contributed by atoms with Gasteiger partial charge in [0.1, 0.15) is 5.82 Å². The molecule has 0 atom stereocenters. The quantitative estimate of drug-likeness (QED) is 0.873. The van der Waals surface area contributed by atoms with Gasteiger partial charge in [0, 0.05) is 37.6 Å². The molecule has 1 N–H and O–H groups in total. The van der Waals surface area contributed by atoms with E-state index in [1.165, 1.54) is 23.5 Å². The van der Waals surface area contributed by atoms with Crippen LogP contribution in [0.4, 0.5) is 4.39 Å². The number of hydrogen-bond acceptors (Lipinski definition) is 4. The predicted molar refractivity (Wildman–Crippen MR) is 101 cm³/mol. The minimum absolute atomic E-state index is 0.0148. The molecule has 138 valence electrons. The second-order valence-electron chi connectivity index (χ2n) is 6.19. The van der Waals surface area contributed by atoms with Crippen LogP contribution in [0.1, 0.15) is 16.6 Å². The van der Waals surface area contributed by atoms with Crippen molar-refractivity contribution in [3.8, 4) is 10.4 Å². The number of nitrogens with one attached hydrogen (secondary N) is 1. The monoisotopic (exact) mass is 375 g/mol. The van der Waals surface area contributed by atoms with Crippen LogP contribution in [0.25, 0.3) is 10.4 Å². The van der Waals surface area contributed by atoms with E-state index in [1.807, 2.05) is 24.0 Å². The summed E-state index contributed by atoms with van der Waals surface area (Å²) in [5, 5.41) is 2.79. The number of hydrogen-bond donors (Lipinski definition) is 1. The molecule has 26 heavy (non-hydrogen) atoms. The average molecular weight is 375 g/mol. The summed E-state index contributed by atoms with van der Waals surface area (Å²) in [6.07, 6.45) is 0. The van der Waals surface area contributed by atoms with E-state index in [-0.39, 0.29) is 17.6 Å². The molecule has 1 fully saturated rings. The molecule has 1 saturated heterocycles. The number of likely N-dealkylation sites (N-methyl/N-ethyl adjacent to an activating group) is 1. The first kappa shape index (κ1) is 18.5. The number of nitrogens with zero attached hydrogens (tertiary/aromatic N) is 2. The van der Waals surface area contributed by atoms with Crippen LogP contribution in [0.2, 0.25) is 0 Å². The Hall–Kier alpha value is -2.25. The zero-order chi connectivity index (χ0) is 18.5. The molecule has 0 spiro atoms. The lowest BCUT2D eigenvalue weighted by atomic mass is 10.2. The van der Waals surface area contributed by atoms with Crippen LogP contribution in [-0.4, -0.2) is 60.9 Å². The highest BCUT2D eigenvalue weighted by molar-refractivity contribution is 7.17. The van der Waals surface area contributed by atoms with Gasteiger partial charge in [-0.2, -0.15) is 0 Å². The van der Waals surface area contributed by atoms with Gasteiger partial charge in [0.25, 0.3) is 5.91 Å². The second kappa shape index (κ2) is 8.42. The van der Waals surface area contributed by atoms with Crippen molar-refractivity contribution in [2.75, 3.05) is 39.3 Å². The molecular weight excluding hydrogens is 353 g/mol. The van der Waals surface area contributed by atoms with Crippen LogP contribution < -0.4 is 5.32 Å². The fourth-order valence-corrected chi connectivity index (χ4v) is 3.92. The molecule has 1 aromatic heterocycles. The van der Waals surface area contributed by atoms with Crippen LogP contribution in [0.15, 0.2) is 36.4 Å². The highest BCUT2D eigenvalue weighted by Gasteiger charge is 2.24. The van der Waals surface area contributed by atoms with Gasteiger partial charge in [-0.15, -0.1) is 11.3 Å². The van der Waals surface area contributed by atoms with Crippen LogP contribution in [0.3, 0.4) is 0 Å². The van der Waals surface area contributed by atoms with Gasteiger partial charge in [0.15, 0.2) is 0 Å². The molecule has 7 heteroatoms. The van der Waals surface area contributed by atoms with E-state index in [4.69, 9.17) is 0 Å². The molecule has 1 aliphatic heterocycles. The van der Waals surface area contributed by atoms with Crippen molar-refractivity contribution in [3.63, 3.8) is 0 Å². The van der Waals surface area contributed by atoms with Gasteiger partial charge in [0.05, 0.1) is 11.4 Å². The lowest BCUT2D eigenvalue weighted by Gasteiger charge is -2.34. The van der Waals surface area contributed by atoms with Crippen LogP contribution >= 0.6 is 11.3 Å². The number of piperazine rings is 1. The number of amides is 2. The fourth-order valence-electron chi connectivity index (χ4n) is 2.94. The molecule has 0 unspecified atom stereocenters. The summed E-state index contributed by atoms with van der Waals surface area (Å²) in [6.45, 7) is 5.52. The summed E-state index contributed by atoms with van der Waals surface area (Å²) in [7, 11) is 0. The Labute approximate surface area is 156 Å². The van der Waals surface area contributed by atoms with Crippen LogP contribution in [0, 0.1) is 5.82 Å². The third kappa shape index (κ3) is 4.47. The standard InChI is InChI=1S/C19H22FN3O2S/c1-2-21-18(24)13-22-9-11-23(12-10-22)19(25)17-8-7-16(26-17)14-3-5-15(20)6-4-14/h3-8H,2,9-13H2,1H3,(H,21,24). The molecule has 2 amide bonds. The summed E-state index contributed by atoms with van der Waals surface area (Å²) < 4.78 is 13.0. The minimum Gasteiger partial charge on any atom is -0.355 e. The maximum Gasteiger partial charge on any atom is 0.264 e. The number of thiophene rings is 1. The average Bonchev–Trinajstić information content (AvgIpc) is 3.12. The maximum atomic E-state index is 13.0. The molecule has 0 bridgehead atoms. The lowest BCUT2D eigenvalue weighted by molar-refractivity contribution is -0.122. The SMILES string of the molecule is CCNC(=O)CN1CCN(C(=O)c2ccc(-c3ccc(F)cc3)s2)CC1. The Morgan fingerprint density at radius 3 is 2.42 bits per heavy atom. The third-order valence-electron chi connectivity index (χ3n) is 4.35. The molecule has 3 rings (SSSR count). The molecule has 2 aromatic rings. The zero-order valence-electron chi connectivity index (χ0n) is 14.7. The number of halogens is 1. The first-order valence-corrected chi connectivity index (χ1v) is 9.52. The highest BCUT2D eigenvalue weighted by Crippen LogP contribution is 2.29. The van der Waals surface area contributed by atoms with Gasteiger partial charge >= 0.3 is 0 Å². The number of carbonyl (C=O) groups is 2. The largest absolute Gasteiger partial charge is 0.355 e. The van der Waals surface area contributed by atoms with Gasteiger partial charge in [-0.3, -0.25) is 14.5 Å².